The molecule has 2 aliphatic rings. The summed E-state index contributed by atoms with van der Waals surface area (Å²) in [6, 6.07) is 0. The summed E-state index contributed by atoms with van der Waals surface area (Å²) in [5.74, 6) is 0.551. The lowest BCUT2D eigenvalue weighted by Crippen LogP contribution is -2.12. The van der Waals surface area contributed by atoms with Crippen LogP contribution in [0, 0.1) is 11.8 Å². The fourth-order valence-electron chi connectivity index (χ4n) is 2.75. The van der Waals surface area contributed by atoms with E-state index in [0.29, 0.717) is 5.92 Å². The minimum Gasteiger partial charge on any atom is -0.466 e. The van der Waals surface area contributed by atoms with E-state index < -0.39 is 0 Å². The molecule has 0 aromatic heterocycles. The van der Waals surface area contributed by atoms with Crippen LogP contribution in [0.4, 0.5) is 0 Å². The molecule has 0 aliphatic heterocycles. The topological polar surface area (TPSA) is 46.5 Å². The van der Waals surface area contributed by atoms with Crippen molar-refractivity contribution in [2.75, 3.05) is 13.7 Å². The number of carbonyl (C=O) groups excluding carboxylic acids is 1. The van der Waals surface area contributed by atoms with Crippen LogP contribution in [-0.2, 0) is 9.53 Å². The molecule has 0 aromatic carbocycles. The van der Waals surface area contributed by atoms with Gasteiger partial charge in [-0.15, -0.1) is 0 Å². The zero-order valence-electron chi connectivity index (χ0n) is 9.61. The summed E-state index contributed by atoms with van der Waals surface area (Å²) >= 11 is 0. The predicted molar refractivity (Wildman–Crippen MR) is 60.7 cm³/mol. The number of fused-ring (bicyclic) bond motifs is 2. The second-order valence-electron chi connectivity index (χ2n) is 4.44. The Morgan fingerprint density at radius 1 is 1.44 bits per heavy atom. The fraction of sp³-hybridized carbons (Fsp3) is 0.615. The van der Waals surface area contributed by atoms with Crippen molar-refractivity contribution in [1.29, 1.82) is 0 Å². The van der Waals surface area contributed by atoms with E-state index in [0.717, 1.165) is 31.3 Å². The Bertz CT molecular complexity index is 341. The molecular weight excluding hydrogens is 204 g/mol. The van der Waals surface area contributed by atoms with E-state index in [-0.39, 0.29) is 18.5 Å². The van der Waals surface area contributed by atoms with E-state index in [9.17, 15) is 4.79 Å². The van der Waals surface area contributed by atoms with E-state index in [4.69, 9.17) is 9.84 Å². The molecular formula is C13H18O3. The number of allylic oxidation sites excluding steroid dienone is 3. The van der Waals surface area contributed by atoms with Gasteiger partial charge in [-0.2, -0.15) is 0 Å². The Morgan fingerprint density at radius 3 is 2.88 bits per heavy atom. The normalized spacial score (nSPS) is 26.6. The van der Waals surface area contributed by atoms with Gasteiger partial charge in [0.1, 0.15) is 0 Å². The number of methoxy groups -OCH3 is 1. The molecule has 0 aromatic rings. The molecule has 0 radical (unpaired) electrons. The second-order valence-corrected chi connectivity index (χ2v) is 4.44. The van der Waals surface area contributed by atoms with E-state index in [1.807, 2.05) is 0 Å². The Labute approximate surface area is 95.8 Å². The summed E-state index contributed by atoms with van der Waals surface area (Å²) in [4.78, 5) is 11.7. The lowest BCUT2D eigenvalue weighted by atomic mass is 9.93. The molecule has 2 atom stereocenters. The third-order valence-electron chi connectivity index (χ3n) is 3.51. The van der Waals surface area contributed by atoms with Crippen LogP contribution in [-0.4, -0.2) is 24.8 Å². The number of hydrogen-bond acceptors (Lipinski definition) is 3. The standard InChI is InChI=1S/C13H18O3/c1-16-13(15)12-10-6-5-9(8-10)11(12)4-2-3-7-14/h5-6,9-10,14H,2-4,7-8H2,1H3/t9-,10+/m1/s1. The molecule has 16 heavy (non-hydrogen) atoms. The maximum atomic E-state index is 11.7. The number of ether oxygens (including phenoxy) is 1. The second kappa shape index (κ2) is 4.83. The Balaban J connectivity index is 2.10. The average Bonchev–Trinajstić information content (AvgIpc) is 2.88. The molecule has 0 spiro atoms. The minimum atomic E-state index is -0.171. The number of aliphatic hydroxyl groups is 1. The van der Waals surface area contributed by atoms with Gasteiger partial charge in [0.05, 0.1) is 7.11 Å². The van der Waals surface area contributed by atoms with Gasteiger partial charge in [-0.05, 0) is 31.6 Å². The molecule has 2 rings (SSSR count). The van der Waals surface area contributed by atoms with Gasteiger partial charge in [0, 0.05) is 18.1 Å². The van der Waals surface area contributed by atoms with Gasteiger partial charge in [0.25, 0.3) is 0 Å². The van der Waals surface area contributed by atoms with Crippen molar-refractivity contribution in [3.63, 3.8) is 0 Å². The zero-order chi connectivity index (χ0) is 11.5. The SMILES string of the molecule is COC(=O)C1=C(CCCCO)[C@@H]2C=C[C@H]1C2. The molecule has 0 heterocycles. The molecule has 2 bridgehead atoms. The van der Waals surface area contributed by atoms with Crippen LogP contribution in [0.1, 0.15) is 25.7 Å². The van der Waals surface area contributed by atoms with Crippen molar-refractivity contribution < 1.29 is 14.6 Å². The maximum Gasteiger partial charge on any atom is 0.334 e. The molecule has 3 heteroatoms. The summed E-state index contributed by atoms with van der Waals surface area (Å²) in [6.45, 7) is 0.227. The van der Waals surface area contributed by atoms with Crippen molar-refractivity contribution in [2.24, 2.45) is 11.8 Å². The van der Waals surface area contributed by atoms with Crippen LogP contribution in [0.15, 0.2) is 23.3 Å². The van der Waals surface area contributed by atoms with E-state index in [1.165, 1.54) is 12.7 Å². The molecule has 3 nitrogen and oxygen atoms in total. The highest BCUT2D eigenvalue weighted by Gasteiger charge is 2.38. The average molecular weight is 222 g/mol. The molecule has 1 N–H and O–H groups in total. The van der Waals surface area contributed by atoms with Crippen molar-refractivity contribution in [3.05, 3.63) is 23.3 Å². The first-order valence-corrected chi connectivity index (χ1v) is 5.88. The van der Waals surface area contributed by atoms with Gasteiger partial charge in [-0.3, -0.25) is 0 Å². The molecule has 0 unspecified atom stereocenters. The first kappa shape index (κ1) is 11.4. The van der Waals surface area contributed by atoms with Gasteiger partial charge < -0.3 is 9.84 Å². The van der Waals surface area contributed by atoms with E-state index in [1.54, 1.807) is 0 Å². The van der Waals surface area contributed by atoms with Gasteiger partial charge in [-0.25, -0.2) is 4.79 Å². The van der Waals surface area contributed by atoms with Gasteiger partial charge in [0.15, 0.2) is 0 Å². The summed E-state index contributed by atoms with van der Waals surface area (Å²) in [5, 5.41) is 8.77. The van der Waals surface area contributed by atoms with Crippen LogP contribution >= 0.6 is 0 Å². The van der Waals surface area contributed by atoms with Crippen LogP contribution in [0.25, 0.3) is 0 Å². The largest absolute Gasteiger partial charge is 0.466 e. The van der Waals surface area contributed by atoms with Gasteiger partial charge >= 0.3 is 5.97 Å². The highest BCUT2D eigenvalue weighted by Crippen LogP contribution is 2.45. The van der Waals surface area contributed by atoms with Crippen LogP contribution < -0.4 is 0 Å². The third-order valence-corrected chi connectivity index (χ3v) is 3.51. The molecule has 0 saturated heterocycles. The first-order chi connectivity index (χ1) is 7.77. The molecule has 0 amide bonds. The van der Waals surface area contributed by atoms with Crippen molar-refractivity contribution in [2.45, 2.75) is 25.7 Å². The Hall–Kier alpha value is -1.09. The lowest BCUT2D eigenvalue weighted by molar-refractivity contribution is -0.136. The molecule has 0 fully saturated rings. The van der Waals surface area contributed by atoms with Gasteiger partial charge in [0.2, 0.25) is 0 Å². The number of esters is 1. The summed E-state index contributed by atoms with van der Waals surface area (Å²) in [6.07, 6.45) is 8.02. The van der Waals surface area contributed by atoms with Crippen LogP contribution in [0.2, 0.25) is 0 Å². The molecule has 0 saturated carbocycles. The fourth-order valence-corrected chi connectivity index (χ4v) is 2.75. The number of carbonyl (C=O) groups is 1. The number of aliphatic hydroxyl groups excluding tert-OH is 1. The number of hydrogen-bond donors (Lipinski definition) is 1. The Morgan fingerprint density at radius 2 is 2.19 bits per heavy atom. The quantitative estimate of drug-likeness (QED) is 0.438. The summed E-state index contributed by atoms with van der Waals surface area (Å²) < 4.78 is 4.84. The summed E-state index contributed by atoms with van der Waals surface area (Å²) in [5.41, 5.74) is 2.13. The van der Waals surface area contributed by atoms with E-state index in [2.05, 4.69) is 12.2 Å². The zero-order valence-corrected chi connectivity index (χ0v) is 9.61. The predicted octanol–water partition coefficient (Wildman–Crippen LogP) is 1.82. The molecule has 2 aliphatic carbocycles. The first-order valence-electron chi connectivity index (χ1n) is 5.88. The van der Waals surface area contributed by atoms with Crippen LogP contribution in [0.5, 0.6) is 0 Å². The van der Waals surface area contributed by atoms with Crippen molar-refractivity contribution >= 4 is 5.97 Å². The monoisotopic (exact) mass is 222 g/mol. The summed E-state index contributed by atoms with van der Waals surface area (Å²) in [7, 11) is 1.44. The highest BCUT2D eigenvalue weighted by atomic mass is 16.5. The minimum absolute atomic E-state index is 0.171. The van der Waals surface area contributed by atoms with Crippen molar-refractivity contribution in [1.82, 2.24) is 0 Å². The van der Waals surface area contributed by atoms with E-state index >= 15 is 0 Å². The van der Waals surface area contributed by atoms with Gasteiger partial charge in [-0.1, -0.05) is 17.7 Å². The Kier molecular flexibility index (Phi) is 3.44. The van der Waals surface area contributed by atoms with Crippen molar-refractivity contribution in [3.8, 4) is 0 Å². The van der Waals surface area contributed by atoms with Crippen LogP contribution in [0.3, 0.4) is 0 Å². The maximum absolute atomic E-state index is 11.7. The number of rotatable bonds is 5. The molecule has 88 valence electrons. The lowest BCUT2D eigenvalue weighted by Gasteiger charge is -2.14. The smallest absolute Gasteiger partial charge is 0.334 e. The number of unbranched alkanes of at least 4 members (excludes halogenated alkanes) is 1. The third kappa shape index (κ3) is 1.92. The highest BCUT2D eigenvalue weighted by molar-refractivity contribution is 5.91.